The first-order valence-electron chi connectivity index (χ1n) is 9.98. The van der Waals surface area contributed by atoms with Crippen LogP contribution >= 0.6 is 24.4 Å². The summed E-state index contributed by atoms with van der Waals surface area (Å²) in [5, 5.41) is 0.973. The molecule has 149 valence electrons. The number of hydrogen-bond acceptors (Lipinski definition) is 3. The van der Waals surface area contributed by atoms with Crippen molar-refractivity contribution in [3.63, 3.8) is 0 Å². The summed E-state index contributed by atoms with van der Waals surface area (Å²) in [7, 11) is 3.87. The third kappa shape index (κ3) is 6.46. The van der Waals surface area contributed by atoms with Gasteiger partial charge in [-0.1, -0.05) is 63.7 Å². The summed E-state index contributed by atoms with van der Waals surface area (Å²) in [6.45, 7) is 11.8. The highest BCUT2D eigenvalue weighted by molar-refractivity contribution is 8.16. The van der Waals surface area contributed by atoms with Crippen molar-refractivity contribution in [1.29, 1.82) is 0 Å². The zero-order valence-corrected chi connectivity index (χ0v) is 20.3. The Morgan fingerprint density at radius 1 is 1.14 bits per heavy atom. The fourth-order valence-corrected chi connectivity index (χ4v) is 4.32. The van der Waals surface area contributed by atoms with Gasteiger partial charge < -0.3 is 4.74 Å². The quantitative estimate of drug-likeness (QED) is 0.253. The lowest BCUT2D eigenvalue weighted by molar-refractivity contribution is 0.289. The van der Waals surface area contributed by atoms with Crippen LogP contribution in [0.1, 0.15) is 63.1 Å². The van der Waals surface area contributed by atoms with Crippen molar-refractivity contribution >= 4 is 39.8 Å². The second-order valence-corrected chi connectivity index (χ2v) is 9.95. The Hall–Kier alpha value is -1.10. The molecule has 2 aromatic carbocycles. The van der Waals surface area contributed by atoms with Gasteiger partial charge in [0.15, 0.2) is 0 Å². The van der Waals surface area contributed by atoms with E-state index >= 15 is 0 Å². The second-order valence-electron chi connectivity index (χ2n) is 7.64. The van der Waals surface area contributed by atoms with Crippen LogP contribution in [-0.2, 0) is 0 Å². The summed E-state index contributed by atoms with van der Waals surface area (Å²) in [6, 6.07) is 14.9. The van der Waals surface area contributed by atoms with E-state index in [1.807, 2.05) is 0 Å². The molecule has 3 radical (unpaired) electrons. The minimum atomic E-state index is 0.510. The molecule has 1 atom stereocenters. The first-order chi connectivity index (χ1) is 13.3. The summed E-state index contributed by atoms with van der Waals surface area (Å²) in [4.78, 5) is 1.21. The van der Waals surface area contributed by atoms with Gasteiger partial charge in [-0.2, -0.15) is 0 Å². The molecular weight excluding hydrogens is 396 g/mol. The maximum absolute atomic E-state index is 6.15. The molecule has 0 N–H and O–H groups in total. The molecule has 0 saturated heterocycles. The predicted octanol–water partition coefficient (Wildman–Crippen LogP) is 7.45. The van der Waals surface area contributed by atoms with Gasteiger partial charge in [0.2, 0.25) is 0 Å². The van der Waals surface area contributed by atoms with Crippen LogP contribution in [0.15, 0.2) is 51.6 Å². The Balaban J connectivity index is 2.38. The van der Waals surface area contributed by atoms with Crippen molar-refractivity contribution < 1.29 is 4.74 Å². The van der Waals surface area contributed by atoms with Crippen LogP contribution < -0.4 is 4.74 Å². The molecule has 28 heavy (non-hydrogen) atoms. The van der Waals surface area contributed by atoms with Crippen LogP contribution in [0.3, 0.4) is 0 Å². The first-order valence-corrected chi connectivity index (χ1v) is 11.7. The number of thiol groups is 1. The number of rotatable bonds is 9. The predicted molar refractivity (Wildman–Crippen MR) is 129 cm³/mol. The molecular formula is C24H31OS2Si. The molecule has 1 unspecified atom stereocenters. The SMILES string of the molecule is CCC(C)c1ccc(OCCC(C)C)c(C([Si])=C(S)Sc2ccccc2C)c1. The molecule has 0 aromatic heterocycles. The third-order valence-corrected chi connectivity index (χ3v) is 7.41. The topological polar surface area (TPSA) is 9.23 Å². The second kappa shape index (κ2) is 11.2. The maximum atomic E-state index is 6.15. The highest BCUT2D eigenvalue weighted by atomic mass is 32.2. The average Bonchev–Trinajstić information content (AvgIpc) is 2.68. The van der Waals surface area contributed by atoms with Gasteiger partial charge in [-0.25, -0.2) is 0 Å². The molecule has 0 saturated carbocycles. The van der Waals surface area contributed by atoms with Crippen molar-refractivity contribution in [2.24, 2.45) is 5.92 Å². The number of ether oxygens (including phenoxy) is 1. The largest absolute Gasteiger partial charge is 0.493 e. The van der Waals surface area contributed by atoms with E-state index < -0.39 is 0 Å². The molecule has 0 aliphatic rings. The molecule has 1 nitrogen and oxygen atoms in total. The van der Waals surface area contributed by atoms with E-state index in [0.29, 0.717) is 11.8 Å². The molecule has 2 rings (SSSR count). The van der Waals surface area contributed by atoms with Crippen LogP contribution in [-0.4, -0.2) is 16.8 Å². The van der Waals surface area contributed by atoms with Crippen molar-refractivity contribution in [3.05, 3.63) is 63.4 Å². The molecule has 0 fully saturated rings. The monoisotopic (exact) mass is 427 g/mol. The standard InChI is InChI=1S/C24H31OS2Si/c1-6-17(4)19-11-12-21(25-14-13-16(2)3)20(15-19)23(28)24(26)27-22-10-8-7-9-18(22)5/h7-12,15-17,26H,6,13-14H2,1-5H3. The number of benzene rings is 2. The van der Waals surface area contributed by atoms with Crippen molar-refractivity contribution in [1.82, 2.24) is 0 Å². The lowest BCUT2D eigenvalue weighted by Crippen LogP contribution is -2.04. The minimum absolute atomic E-state index is 0.510. The molecule has 0 spiro atoms. The molecule has 0 heterocycles. The Bertz CT molecular complexity index is 814. The van der Waals surface area contributed by atoms with Gasteiger partial charge in [-0.3, -0.25) is 0 Å². The van der Waals surface area contributed by atoms with Crippen molar-refractivity contribution in [2.75, 3.05) is 6.61 Å². The summed E-state index contributed by atoms with van der Waals surface area (Å²) < 4.78 is 7.08. The van der Waals surface area contributed by atoms with Crippen LogP contribution in [0.2, 0.25) is 0 Å². The van der Waals surface area contributed by atoms with Gasteiger partial charge in [0, 0.05) is 14.7 Å². The average molecular weight is 428 g/mol. The maximum Gasteiger partial charge on any atom is 0.126 e. The molecule has 2 aromatic rings. The Morgan fingerprint density at radius 2 is 1.86 bits per heavy atom. The first kappa shape index (κ1) is 23.2. The smallest absolute Gasteiger partial charge is 0.126 e. The Kier molecular flexibility index (Phi) is 9.25. The molecule has 0 bridgehead atoms. The normalized spacial score (nSPS) is 13.4. The van der Waals surface area contributed by atoms with Gasteiger partial charge >= 0.3 is 0 Å². The lowest BCUT2D eigenvalue weighted by Gasteiger charge is -2.18. The van der Waals surface area contributed by atoms with Crippen molar-refractivity contribution in [2.45, 2.75) is 58.3 Å². The van der Waals surface area contributed by atoms with Gasteiger partial charge in [0.05, 0.1) is 16.8 Å². The number of hydrogen-bond donors (Lipinski definition) is 1. The number of aryl methyl sites for hydroxylation is 1. The molecule has 0 amide bonds. The fourth-order valence-electron chi connectivity index (χ4n) is 2.76. The molecule has 0 aliphatic carbocycles. The van der Waals surface area contributed by atoms with E-state index in [4.69, 9.17) is 17.4 Å². The molecule has 0 aliphatic heterocycles. The Morgan fingerprint density at radius 3 is 2.50 bits per heavy atom. The van der Waals surface area contributed by atoms with Crippen LogP contribution in [0.25, 0.3) is 5.20 Å². The Labute approximate surface area is 184 Å². The lowest BCUT2D eigenvalue weighted by atomic mass is 9.96. The van der Waals surface area contributed by atoms with Crippen LogP contribution in [0.5, 0.6) is 5.75 Å². The van der Waals surface area contributed by atoms with Gasteiger partial charge in [0.25, 0.3) is 0 Å². The summed E-state index contributed by atoms with van der Waals surface area (Å²) in [6.07, 6.45) is 2.15. The van der Waals surface area contributed by atoms with E-state index in [-0.39, 0.29) is 0 Å². The van der Waals surface area contributed by atoms with Gasteiger partial charge in [0.1, 0.15) is 5.75 Å². The van der Waals surface area contributed by atoms with E-state index in [1.54, 1.807) is 11.8 Å². The minimum Gasteiger partial charge on any atom is -0.493 e. The van der Waals surface area contributed by atoms with Crippen LogP contribution in [0.4, 0.5) is 0 Å². The van der Waals surface area contributed by atoms with Crippen molar-refractivity contribution in [3.8, 4) is 5.75 Å². The zero-order chi connectivity index (χ0) is 20.7. The number of thioether (sulfide) groups is 1. The summed E-state index contributed by atoms with van der Waals surface area (Å²) >= 11 is 6.48. The highest BCUT2D eigenvalue weighted by Crippen LogP contribution is 2.39. The zero-order valence-electron chi connectivity index (χ0n) is 17.6. The van der Waals surface area contributed by atoms with Gasteiger partial charge in [-0.05, 0) is 66.1 Å². The van der Waals surface area contributed by atoms with E-state index in [9.17, 15) is 0 Å². The van der Waals surface area contributed by atoms with Crippen LogP contribution in [0, 0.1) is 12.8 Å². The van der Waals surface area contributed by atoms with E-state index in [2.05, 4.69) is 87.3 Å². The summed E-state index contributed by atoms with van der Waals surface area (Å²) in [5.41, 5.74) is 3.65. The van der Waals surface area contributed by atoms with Gasteiger partial charge in [-0.15, -0.1) is 12.6 Å². The highest BCUT2D eigenvalue weighted by Gasteiger charge is 2.14. The molecule has 4 heteroatoms. The third-order valence-electron chi connectivity index (χ3n) is 4.92. The van der Waals surface area contributed by atoms with E-state index in [1.165, 1.54) is 16.0 Å². The summed E-state index contributed by atoms with van der Waals surface area (Å²) in [5.74, 6) is 2.04. The van der Waals surface area contributed by atoms with E-state index in [0.717, 1.165) is 40.2 Å². The fraction of sp³-hybridized carbons (Fsp3) is 0.417.